The van der Waals surface area contributed by atoms with Crippen LogP contribution in [0.2, 0.25) is 0 Å². The lowest BCUT2D eigenvalue weighted by Crippen LogP contribution is -2.43. The van der Waals surface area contributed by atoms with Gasteiger partial charge in [-0.1, -0.05) is 98.3 Å². The average Bonchev–Trinajstić information content (AvgIpc) is 2.27. The zero-order valence-electron chi connectivity index (χ0n) is 12.7. The van der Waals surface area contributed by atoms with Gasteiger partial charge in [0.1, 0.15) is 0 Å². The van der Waals surface area contributed by atoms with E-state index in [4.69, 9.17) is 51.5 Å². The summed E-state index contributed by atoms with van der Waals surface area (Å²) in [6.07, 6.45) is 7.90. The predicted octanol–water partition coefficient (Wildman–Crippen LogP) is 3.25. The molecule has 0 bridgehead atoms. The molecule has 10 N–H and O–H groups in total. The molecule has 22 heavy (non-hydrogen) atoms. The molecule has 0 aliphatic carbocycles. The number of hydrogen-bond acceptors (Lipinski definition) is 2. The number of hydrogen-bond donors (Lipinski definition) is 2. The topological polar surface area (TPSA) is 167 Å². The highest BCUT2D eigenvalue weighted by Gasteiger charge is 2.52. The van der Waals surface area contributed by atoms with Crippen LogP contribution in [0.1, 0.15) is 58.3 Å². The summed E-state index contributed by atoms with van der Waals surface area (Å²) in [5, 5.41) is 8.84. The van der Waals surface area contributed by atoms with Gasteiger partial charge in [0.05, 0.1) is 0 Å². The van der Waals surface area contributed by atoms with E-state index in [-0.39, 0.29) is 29.0 Å². The molecule has 0 aromatic carbocycles. The largest absolute Gasteiger partial charge is 0.479 e. The Morgan fingerprint density at radius 2 is 1.23 bits per heavy atom. The van der Waals surface area contributed by atoms with Crippen molar-refractivity contribution in [2.24, 2.45) is 0 Å². The monoisotopic (exact) mass is 407 g/mol. The van der Waals surface area contributed by atoms with E-state index in [0.717, 1.165) is 12.8 Å². The van der Waals surface area contributed by atoms with E-state index in [1.54, 1.807) is 0 Å². The summed E-state index contributed by atoms with van der Waals surface area (Å²) < 4.78 is -3.83. The number of unbranched alkanes of at least 4 members (excludes halogenated alkanes) is 6. The summed E-state index contributed by atoms with van der Waals surface area (Å²) in [4.78, 5) is 10.8. The highest BCUT2D eigenvalue weighted by Crippen LogP contribution is 2.46. The first-order chi connectivity index (χ1) is 8.25. The maximum Gasteiger partial charge on any atom is 0.343 e. The van der Waals surface area contributed by atoms with E-state index in [9.17, 15) is 4.79 Å². The fraction of sp³-hybridized carbons (Fsp3) is 0.917. The molecule has 0 aromatic rings. The molecule has 0 saturated heterocycles. The van der Waals surface area contributed by atoms with Crippen LogP contribution < -0.4 is 6.15 Å². The summed E-state index contributed by atoms with van der Waals surface area (Å²) in [5.41, 5.74) is 0. The van der Waals surface area contributed by atoms with Crippen LogP contribution in [0, 0.1) is 0 Å². The fourth-order valence-electron chi connectivity index (χ4n) is 1.62. The molecule has 0 aromatic heterocycles. The first-order valence-corrected chi connectivity index (χ1v) is 7.76. The highest BCUT2D eigenvalue weighted by molar-refractivity contribution is 6.68. The van der Waals surface area contributed by atoms with Crippen LogP contribution in [0.3, 0.4) is 0 Å². The van der Waals surface area contributed by atoms with Gasteiger partial charge in [-0.05, 0) is 6.42 Å². The van der Waals surface area contributed by atoms with Crippen molar-refractivity contribution in [2.75, 3.05) is 0 Å². The van der Waals surface area contributed by atoms with Crippen LogP contribution in [-0.2, 0) is 4.79 Å². The minimum Gasteiger partial charge on any atom is -0.479 e. The van der Waals surface area contributed by atoms with Gasteiger partial charge in [-0.3, -0.25) is 0 Å². The molecule has 0 saturated carbocycles. The number of aliphatic carboxylic acids is 1. The maximum absolute atomic E-state index is 10.8. The van der Waals surface area contributed by atoms with Crippen molar-refractivity contribution in [1.29, 1.82) is 0 Å². The Labute approximate surface area is 152 Å². The third-order valence-electron chi connectivity index (χ3n) is 2.82. The minimum atomic E-state index is -2.17. The van der Waals surface area contributed by atoms with Crippen molar-refractivity contribution in [1.82, 2.24) is 6.15 Å². The summed E-state index contributed by atoms with van der Waals surface area (Å²) in [6, 6.07) is 0. The third-order valence-corrected chi connectivity index (χ3v) is 5.12. The van der Waals surface area contributed by atoms with E-state index in [0.29, 0.717) is 6.42 Å². The number of carboxylic acids is 1. The van der Waals surface area contributed by atoms with Crippen molar-refractivity contribution in [3.8, 4) is 0 Å². The van der Waals surface area contributed by atoms with Crippen molar-refractivity contribution in [2.45, 2.75) is 67.0 Å². The van der Waals surface area contributed by atoms with Crippen molar-refractivity contribution < 1.29 is 26.3 Å². The van der Waals surface area contributed by atoms with Crippen LogP contribution in [-0.4, -0.2) is 36.2 Å². The van der Waals surface area contributed by atoms with Gasteiger partial charge in [0.25, 0.3) is 0 Å². The fourth-order valence-corrected chi connectivity index (χ4v) is 2.24. The Morgan fingerprint density at radius 3 is 1.59 bits per heavy atom. The van der Waals surface area contributed by atoms with Crippen molar-refractivity contribution in [3.05, 3.63) is 0 Å². The van der Waals surface area contributed by atoms with E-state index < -0.39 is 14.6 Å². The second kappa shape index (κ2) is 16.3. The van der Waals surface area contributed by atoms with E-state index in [1.165, 1.54) is 25.7 Å². The summed E-state index contributed by atoms with van der Waals surface area (Å²) in [7, 11) is 0. The second-order valence-electron chi connectivity index (χ2n) is 4.46. The number of carbonyl (C=O) groups is 1. The zero-order chi connectivity index (χ0) is 14.2. The standard InChI is InChI=1S/C12H20Cl4O2.H3N.3H2O/c1-2-3-4-5-6-7-8-9-11(13,14)12(15,16)10(17)18;;;;/h2-9H2,1H3,(H,17,18);1H3;3*1H2. The van der Waals surface area contributed by atoms with Crippen LogP contribution in [0.4, 0.5) is 0 Å². The van der Waals surface area contributed by atoms with E-state index in [1.807, 2.05) is 0 Å². The quantitative estimate of drug-likeness (QED) is 0.418. The smallest absolute Gasteiger partial charge is 0.343 e. The minimum absolute atomic E-state index is 0. The Hall–Kier alpha value is 0.470. The molecule has 0 aliphatic heterocycles. The molecule has 0 spiro atoms. The molecule has 140 valence electrons. The van der Waals surface area contributed by atoms with Crippen LogP contribution in [0.5, 0.6) is 0 Å². The van der Waals surface area contributed by atoms with Crippen LogP contribution >= 0.6 is 46.4 Å². The Morgan fingerprint density at radius 1 is 0.864 bits per heavy atom. The molecular formula is C12H29Cl4NO5. The lowest BCUT2D eigenvalue weighted by atomic mass is 10.1. The lowest BCUT2D eigenvalue weighted by Gasteiger charge is -2.28. The number of rotatable bonds is 10. The Kier molecular flexibility index (Phi) is 25.2. The van der Waals surface area contributed by atoms with Gasteiger partial charge in [0.15, 0.2) is 4.33 Å². The van der Waals surface area contributed by atoms with E-state index in [2.05, 4.69) is 6.92 Å². The molecule has 0 amide bonds. The molecule has 6 nitrogen and oxygen atoms in total. The van der Waals surface area contributed by atoms with Crippen molar-refractivity contribution >= 4 is 52.4 Å². The first kappa shape index (κ1) is 33.9. The SMILES string of the molecule is CCCCCCCCCC(Cl)(Cl)C(Cl)(Cl)C(=O)O.N.O.O.O. The van der Waals surface area contributed by atoms with Crippen LogP contribution in [0.15, 0.2) is 0 Å². The summed E-state index contributed by atoms with van der Waals surface area (Å²) in [5.74, 6) is -1.42. The molecule has 0 fully saturated rings. The molecule has 0 atom stereocenters. The molecule has 0 rings (SSSR count). The second-order valence-corrected chi connectivity index (χ2v) is 7.27. The summed E-state index contributed by atoms with van der Waals surface area (Å²) >= 11 is 23.1. The Balaban J connectivity index is -0.000000241. The number of carboxylic acid groups (broad SMARTS) is 1. The molecule has 0 unspecified atom stereocenters. The molecule has 0 radical (unpaired) electrons. The average molecular weight is 409 g/mol. The first-order valence-electron chi connectivity index (χ1n) is 6.24. The molecule has 0 heterocycles. The molecular weight excluding hydrogens is 380 g/mol. The normalized spacial score (nSPS) is 10.4. The van der Waals surface area contributed by atoms with Gasteiger partial charge in [-0.2, -0.15) is 0 Å². The highest BCUT2D eigenvalue weighted by atomic mass is 35.5. The van der Waals surface area contributed by atoms with Crippen molar-refractivity contribution in [3.63, 3.8) is 0 Å². The maximum atomic E-state index is 10.8. The molecule has 10 heteroatoms. The lowest BCUT2D eigenvalue weighted by molar-refractivity contribution is -0.138. The zero-order valence-corrected chi connectivity index (χ0v) is 15.8. The number of halogens is 4. The van der Waals surface area contributed by atoms with E-state index >= 15 is 0 Å². The van der Waals surface area contributed by atoms with Gasteiger partial charge in [-0.15, -0.1) is 0 Å². The predicted molar refractivity (Wildman–Crippen MR) is 95.0 cm³/mol. The van der Waals surface area contributed by atoms with Gasteiger partial charge >= 0.3 is 5.97 Å². The Bertz CT molecular complexity index is 268. The van der Waals surface area contributed by atoms with Gasteiger partial charge in [0, 0.05) is 0 Å². The van der Waals surface area contributed by atoms with Crippen LogP contribution in [0.25, 0.3) is 0 Å². The van der Waals surface area contributed by atoms with Gasteiger partial charge in [-0.25, -0.2) is 4.79 Å². The molecule has 0 aliphatic rings. The third kappa shape index (κ3) is 12.0. The van der Waals surface area contributed by atoms with Gasteiger partial charge in [0.2, 0.25) is 4.33 Å². The summed E-state index contributed by atoms with van der Waals surface area (Å²) in [6.45, 7) is 2.17. The number of alkyl halides is 4. The van der Waals surface area contributed by atoms with Gasteiger partial charge < -0.3 is 27.7 Å².